The number of pyridine rings is 2. The number of fused-ring (bicyclic) bond motifs is 1. The van der Waals surface area contributed by atoms with Gasteiger partial charge < -0.3 is 19.0 Å². The molecular weight excluding hydrogens is 401 g/mol. The zero-order valence-electron chi connectivity index (χ0n) is 14.7. The molecule has 1 unspecified atom stereocenters. The van der Waals surface area contributed by atoms with Crippen molar-refractivity contribution in [2.75, 3.05) is 11.8 Å². The van der Waals surface area contributed by atoms with E-state index in [0.717, 1.165) is 6.07 Å². The lowest BCUT2D eigenvalue weighted by atomic mass is 10.3. The van der Waals surface area contributed by atoms with Crippen LogP contribution in [0.3, 0.4) is 0 Å². The van der Waals surface area contributed by atoms with E-state index in [2.05, 4.69) is 19.4 Å². The number of H-pyrrole nitrogens is 1. The quantitative estimate of drug-likeness (QED) is 0.617. The van der Waals surface area contributed by atoms with Gasteiger partial charge in [0, 0.05) is 30.4 Å². The van der Waals surface area contributed by atoms with Crippen LogP contribution in [-0.2, 0) is 17.5 Å². The van der Waals surface area contributed by atoms with Gasteiger partial charge in [0.2, 0.25) is 5.88 Å². The van der Waals surface area contributed by atoms with Crippen molar-refractivity contribution in [3.8, 4) is 11.8 Å². The number of ether oxygens (including phenoxy) is 2. The van der Waals surface area contributed by atoms with Crippen LogP contribution < -0.4 is 19.8 Å². The third-order valence-electron chi connectivity index (χ3n) is 3.82. The van der Waals surface area contributed by atoms with Gasteiger partial charge in [-0.1, -0.05) is 0 Å². The minimum atomic E-state index is -3.27. The molecule has 0 aliphatic heterocycles. The third-order valence-corrected chi connectivity index (χ3v) is 4.97. The second kappa shape index (κ2) is 7.92. The highest BCUT2D eigenvalue weighted by Gasteiger charge is 2.20. The van der Waals surface area contributed by atoms with Crippen LogP contribution in [-0.4, -0.2) is 32.5 Å². The highest BCUT2D eigenvalue weighted by atomic mass is 32.2. The van der Waals surface area contributed by atoms with Gasteiger partial charge in [-0.25, -0.2) is 8.60 Å². The van der Waals surface area contributed by atoms with Crippen LogP contribution in [0.2, 0.25) is 0 Å². The van der Waals surface area contributed by atoms with Gasteiger partial charge >= 0.3 is 6.61 Å². The van der Waals surface area contributed by atoms with E-state index in [1.54, 1.807) is 12.3 Å². The second-order valence-electron chi connectivity index (χ2n) is 5.43. The van der Waals surface area contributed by atoms with E-state index in [9.17, 15) is 22.2 Å². The van der Waals surface area contributed by atoms with Crippen molar-refractivity contribution in [2.24, 2.45) is 0 Å². The standard InChI is InChI=1S/C16H15F3N4O4S/c1-3-23-5-4-8-11(7-20-12(8)15(23)24)28(25)22-10-6-9(17)13(27-16(18)19)21-14(10)26-2/h4-7,16,20,22H,3H2,1-2H3. The molecule has 0 saturated carbocycles. The third kappa shape index (κ3) is 3.67. The molecule has 1 atom stereocenters. The first-order chi connectivity index (χ1) is 13.3. The summed E-state index contributed by atoms with van der Waals surface area (Å²) in [6.45, 7) is -0.982. The SMILES string of the molecule is CCn1ccc2c(S(=O)Nc3cc(F)c(OC(F)F)nc3OC)c[nH]c2c1=O. The molecule has 28 heavy (non-hydrogen) atoms. The number of rotatable bonds is 7. The molecule has 0 radical (unpaired) electrons. The van der Waals surface area contributed by atoms with Gasteiger partial charge in [-0.15, -0.1) is 0 Å². The Morgan fingerprint density at radius 2 is 2.14 bits per heavy atom. The molecule has 3 aromatic heterocycles. The smallest absolute Gasteiger partial charge is 0.388 e. The first-order valence-electron chi connectivity index (χ1n) is 7.94. The molecule has 0 bridgehead atoms. The monoisotopic (exact) mass is 416 g/mol. The maximum atomic E-state index is 13.9. The molecule has 0 fully saturated rings. The molecule has 12 heteroatoms. The minimum Gasteiger partial charge on any atom is -0.479 e. The number of aromatic nitrogens is 3. The van der Waals surface area contributed by atoms with Crippen LogP contribution in [0, 0.1) is 5.82 Å². The summed E-state index contributed by atoms with van der Waals surface area (Å²) in [4.78, 5) is 18.8. The zero-order chi connectivity index (χ0) is 20.4. The largest absolute Gasteiger partial charge is 0.479 e. The van der Waals surface area contributed by atoms with Gasteiger partial charge in [0.05, 0.1) is 12.0 Å². The van der Waals surface area contributed by atoms with Gasteiger partial charge in [-0.2, -0.15) is 13.8 Å². The van der Waals surface area contributed by atoms with Crippen LogP contribution in [0.15, 0.2) is 34.2 Å². The van der Waals surface area contributed by atoms with Gasteiger partial charge in [-0.05, 0) is 13.0 Å². The van der Waals surface area contributed by atoms with Crippen LogP contribution in [0.1, 0.15) is 6.92 Å². The summed E-state index contributed by atoms with van der Waals surface area (Å²) in [6, 6.07) is 2.40. The van der Waals surface area contributed by atoms with E-state index < -0.39 is 29.3 Å². The maximum Gasteiger partial charge on any atom is 0.388 e. The Kier molecular flexibility index (Phi) is 5.58. The number of hydrogen-bond acceptors (Lipinski definition) is 5. The van der Waals surface area contributed by atoms with Crippen molar-refractivity contribution in [1.29, 1.82) is 0 Å². The second-order valence-corrected chi connectivity index (χ2v) is 6.61. The topological polar surface area (TPSA) is 98.2 Å². The minimum absolute atomic E-state index is 0.142. The molecule has 150 valence electrons. The van der Waals surface area contributed by atoms with Gasteiger partial charge in [0.15, 0.2) is 16.8 Å². The predicted octanol–water partition coefficient (Wildman–Crippen LogP) is 2.63. The van der Waals surface area contributed by atoms with Gasteiger partial charge in [-0.3, -0.25) is 9.52 Å². The maximum absolute atomic E-state index is 13.9. The first-order valence-corrected chi connectivity index (χ1v) is 9.09. The number of hydrogen-bond donors (Lipinski definition) is 2. The molecule has 0 aliphatic rings. The summed E-state index contributed by atoms with van der Waals surface area (Å²) in [5.74, 6) is -2.43. The summed E-state index contributed by atoms with van der Waals surface area (Å²) in [5, 5.41) is 0.422. The summed E-state index contributed by atoms with van der Waals surface area (Å²) < 4.78 is 64.1. The number of nitrogens with zero attached hydrogens (tertiary/aromatic N) is 2. The summed E-state index contributed by atoms with van der Waals surface area (Å²) >= 11 is 0. The zero-order valence-corrected chi connectivity index (χ0v) is 15.5. The van der Waals surface area contributed by atoms with E-state index in [4.69, 9.17) is 4.74 Å². The normalized spacial score (nSPS) is 12.4. The number of anilines is 1. The van der Waals surface area contributed by atoms with Crippen molar-refractivity contribution in [1.82, 2.24) is 14.5 Å². The molecule has 3 heterocycles. The molecule has 3 aromatic rings. The van der Waals surface area contributed by atoms with Crippen molar-refractivity contribution in [3.05, 3.63) is 40.7 Å². The molecule has 0 amide bonds. The Morgan fingerprint density at radius 3 is 2.79 bits per heavy atom. The fourth-order valence-corrected chi connectivity index (χ4v) is 3.54. The Bertz CT molecular complexity index is 1100. The molecule has 0 aromatic carbocycles. The van der Waals surface area contributed by atoms with E-state index >= 15 is 0 Å². The Hall–Kier alpha value is -3.02. The average Bonchev–Trinajstić information content (AvgIpc) is 3.09. The molecule has 3 rings (SSSR count). The number of methoxy groups -OCH3 is 1. The number of halogens is 3. The molecule has 2 N–H and O–H groups in total. The highest BCUT2D eigenvalue weighted by Crippen LogP contribution is 2.30. The van der Waals surface area contributed by atoms with Gasteiger partial charge in [0.1, 0.15) is 11.2 Å². The molecular formula is C16H15F3N4O4S. The van der Waals surface area contributed by atoms with Crippen LogP contribution in [0.5, 0.6) is 11.8 Å². The lowest BCUT2D eigenvalue weighted by molar-refractivity contribution is -0.0555. The number of nitrogens with one attached hydrogen (secondary N) is 2. The predicted molar refractivity (Wildman–Crippen MR) is 95.6 cm³/mol. The van der Waals surface area contributed by atoms with Crippen molar-refractivity contribution < 1.29 is 26.9 Å². The number of aryl methyl sites for hydroxylation is 1. The van der Waals surface area contributed by atoms with Crippen LogP contribution >= 0.6 is 0 Å². The Balaban J connectivity index is 1.95. The average molecular weight is 416 g/mol. The molecule has 8 nitrogen and oxygen atoms in total. The molecule has 0 aliphatic carbocycles. The van der Waals surface area contributed by atoms with E-state index in [-0.39, 0.29) is 27.5 Å². The van der Waals surface area contributed by atoms with Gasteiger partial charge in [0.25, 0.3) is 11.4 Å². The summed E-state index contributed by atoms with van der Waals surface area (Å²) in [5.41, 5.74) is -0.148. The number of alkyl halides is 2. The Morgan fingerprint density at radius 1 is 1.39 bits per heavy atom. The lowest BCUT2D eigenvalue weighted by Gasteiger charge is -2.12. The van der Waals surface area contributed by atoms with Crippen molar-refractivity contribution in [2.45, 2.75) is 25.0 Å². The Labute approximate surface area is 158 Å². The first kappa shape index (κ1) is 19.7. The fourth-order valence-electron chi connectivity index (χ4n) is 2.54. The van der Waals surface area contributed by atoms with E-state index in [1.165, 1.54) is 17.9 Å². The van der Waals surface area contributed by atoms with Crippen molar-refractivity contribution >= 4 is 27.6 Å². The summed E-state index contributed by atoms with van der Waals surface area (Å²) in [6.07, 6.45) is 2.96. The molecule has 0 saturated heterocycles. The van der Waals surface area contributed by atoms with E-state index in [1.807, 2.05) is 6.92 Å². The number of aromatic amines is 1. The van der Waals surface area contributed by atoms with Crippen LogP contribution in [0.4, 0.5) is 18.9 Å². The van der Waals surface area contributed by atoms with Crippen molar-refractivity contribution in [3.63, 3.8) is 0 Å². The summed E-state index contributed by atoms with van der Waals surface area (Å²) in [7, 11) is -0.757. The highest BCUT2D eigenvalue weighted by molar-refractivity contribution is 7.86. The van der Waals surface area contributed by atoms with Crippen LogP contribution in [0.25, 0.3) is 10.9 Å². The fraction of sp³-hybridized carbons (Fsp3) is 0.250. The van der Waals surface area contributed by atoms with E-state index in [0.29, 0.717) is 11.9 Å². The lowest BCUT2D eigenvalue weighted by Crippen LogP contribution is -2.18. The molecule has 0 spiro atoms.